The zero-order valence-corrected chi connectivity index (χ0v) is 10.5. The van der Waals surface area contributed by atoms with Crippen LogP contribution in [0, 0.1) is 17.8 Å². The Balaban J connectivity index is 1.49. The summed E-state index contributed by atoms with van der Waals surface area (Å²) in [6, 6.07) is 0. The zero-order chi connectivity index (χ0) is 11.4. The smallest absolute Gasteiger partial charge is 0.129 e. The van der Waals surface area contributed by atoms with Gasteiger partial charge in [-0.05, 0) is 50.4 Å². The molecule has 1 heteroatoms. The molecule has 0 heterocycles. The van der Waals surface area contributed by atoms with Crippen molar-refractivity contribution < 1.29 is 4.79 Å². The first kappa shape index (κ1) is 11.9. The fraction of sp³-hybridized carbons (Fsp3) is 0.800. The van der Waals surface area contributed by atoms with Gasteiger partial charge in [0.25, 0.3) is 0 Å². The van der Waals surface area contributed by atoms with Gasteiger partial charge in [-0.1, -0.05) is 31.4 Å². The molecule has 0 N–H and O–H groups in total. The highest BCUT2D eigenvalue weighted by Crippen LogP contribution is 2.45. The van der Waals surface area contributed by atoms with Crippen molar-refractivity contribution in [1.29, 1.82) is 0 Å². The Morgan fingerprint density at radius 1 is 1.12 bits per heavy atom. The summed E-state index contributed by atoms with van der Waals surface area (Å²) < 4.78 is 0. The van der Waals surface area contributed by atoms with Crippen molar-refractivity contribution in [3.63, 3.8) is 0 Å². The summed E-state index contributed by atoms with van der Waals surface area (Å²) >= 11 is 0. The van der Waals surface area contributed by atoms with E-state index in [1.165, 1.54) is 38.5 Å². The molecular weight excluding hydrogens is 196 g/mol. The summed E-state index contributed by atoms with van der Waals surface area (Å²) in [4.78, 5) is 10.8. The van der Waals surface area contributed by atoms with E-state index in [4.69, 9.17) is 0 Å². The Labute approximate surface area is 99.3 Å². The first-order valence-electron chi connectivity index (χ1n) is 6.93. The van der Waals surface area contributed by atoms with Gasteiger partial charge in [-0.2, -0.15) is 0 Å². The Morgan fingerprint density at radius 2 is 1.94 bits per heavy atom. The molecule has 2 aliphatic rings. The fourth-order valence-corrected chi connectivity index (χ4v) is 3.36. The SMILES string of the molecule is CC(=O)CCCCCCC1CC2C=CC1C2. The van der Waals surface area contributed by atoms with Gasteiger partial charge in [0.1, 0.15) is 5.78 Å². The number of Topliss-reactive ketones (excluding diaryl/α,β-unsaturated/α-hetero) is 1. The number of carbonyl (C=O) groups excluding carboxylic acids is 1. The van der Waals surface area contributed by atoms with Crippen molar-refractivity contribution in [2.45, 2.75) is 58.3 Å². The first-order valence-corrected chi connectivity index (χ1v) is 6.93. The Kier molecular flexibility index (Phi) is 4.20. The molecule has 3 atom stereocenters. The molecule has 0 saturated heterocycles. The summed E-state index contributed by atoms with van der Waals surface area (Å²) in [7, 11) is 0. The number of fused-ring (bicyclic) bond motifs is 2. The number of carbonyl (C=O) groups is 1. The quantitative estimate of drug-likeness (QED) is 0.466. The van der Waals surface area contributed by atoms with Gasteiger partial charge in [-0.3, -0.25) is 0 Å². The molecule has 1 saturated carbocycles. The minimum atomic E-state index is 0.346. The minimum absolute atomic E-state index is 0.346. The van der Waals surface area contributed by atoms with Gasteiger partial charge in [0.15, 0.2) is 0 Å². The van der Waals surface area contributed by atoms with E-state index in [1.807, 2.05) is 0 Å². The van der Waals surface area contributed by atoms with Crippen molar-refractivity contribution in [2.24, 2.45) is 17.8 Å². The first-order chi connectivity index (χ1) is 7.75. The van der Waals surface area contributed by atoms with Crippen LogP contribution in [0.5, 0.6) is 0 Å². The normalized spacial score (nSPS) is 31.2. The third-order valence-electron chi connectivity index (χ3n) is 4.27. The van der Waals surface area contributed by atoms with Crippen LogP contribution >= 0.6 is 0 Å². The topological polar surface area (TPSA) is 17.1 Å². The van der Waals surface area contributed by atoms with Crippen LogP contribution in [-0.2, 0) is 4.79 Å². The van der Waals surface area contributed by atoms with Gasteiger partial charge in [0.05, 0.1) is 0 Å². The highest BCUT2D eigenvalue weighted by atomic mass is 16.1. The third-order valence-corrected chi connectivity index (χ3v) is 4.27. The van der Waals surface area contributed by atoms with Crippen LogP contribution in [0.15, 0.2) is 12.2 Å². The number of hydrogen-bond donors (Lipinski definition) is 0. The molecule has 0 aromatic rings. The lowest BCUT2D eigenvalue weighted by atomic mass is 9.88. The van der Waals surface area contributed by atoms with Crippen molar-refractivity contribution >= 4 is 5.78 Å². The average molecular weight is 220 g/mol. The summed E-state index contributed by atoms with van der Waals surface area (Å²) in [5, 5.41) is 0. The standard InChI is InChI=1S/C15H24O/c1-12(16)6-4-2-3-5-7-14-10-13-8-9-15(14)11-13/h8-9,13-15H,2-7,10-11H2,1H3. The highest BCUT2D eigenvalue weighted by molar-refractivity contribution is 5.75. The summed E-state index contributed by atoms with van der Waals surface area (Å²) in [5.41, 5.74) is 0. The number of hydrogen-bond acceptors (Lipinski definition) is 1. The maximum atomic E-state index is 10.8. The lowest BCUT2D eigenvalue weighted by Gasteiger charge is -2.17. The predicted molar refractivity (Wildman–Crippen MR) is 67.2 cm³/mol. The van der Waals surface area contributed by atoms with Gasteiger partial charge < -0.3 is 4.79 Å². The summed E-state index contributed by atoms with van der Waals surface area (Å²) in [5.74, 6) is 3.18. The van der Waals surface area contributed by atoms with E-state index in [0.717, 1.165) is 30.6 Å². The van der Waals surface area contributed by atoms with Gasteiger partial charge in [0.2, 0.25) is 0 Å². The van der Waals surface area contributed by atoms with Gasteiger partial charge in [-0.15, -0.1) is 0 Å². The number of rotatable bonds is 7. The van der Waals surface area contributed by atoms with Crippen molar-refractivity contribution in [2.75, 3.05) is 0 Å². The zero-order valence-electron chi connectivity index (χ0n) is 10.5. The minimum Gasteiger partial charge on any atom is -0.300 e. The Bertz CT molecular complexity index is 267. The van der Waals surface area contributed by atoms with Gasteiger partial charge in [-0.25, -0.2) is 0 Å². The summed E-state index contributed by atoms with van der Waals surface area (Å²) in [6.07, 6.45) is 15.0. The largest absolute Gasteiger partial charge is 0.300 e. The van der Waals surface area contributed by atoms with Crippen LogP contribution in [-0.4, -0.2) is 5.78 Å². The molecule has 2 aliphatic carbocycles. The molecule has 0 aromatic carbocycles. The molecule has 1 fully saturated rings. The highest BCUT2D eigenvalue weighted by Gasteiger charge is 2.34. The maximum Gasteiger partial charge on any atom is 0.129 e. The van der Waals surface area contributed by atoms with Crippen LogP contribution in [0.3, 0.4) is 0 Å². The number of allylic oxidation sites excluding steroid dienone is 2. The summed E-state index contributed by atoms with van der Waals surface area (Å²) in [6.45, 7) is 1.70. The molecular formula is C15H24O. The Morgan fingerprint density at radius 3 is 2.56 bits per heavy atom. The third kappa shape index (κ3) is 3.20. The molecule has 1 nitrogen and oxygen atoms in total. The lowest BCUT2D eigenvalue weighted by Crippen LogP contribution is -2.06. The van der Waals surface area contributed by atoms with Crippen molar-refractivity contribution in [3.05, 3.63) is 12.2 Å². The molecule has 0 spiro atoms. The molecule has 0 radical (unpaired) electrons. The maximum absolute atomic E-state index is 10.8. The molecule has 90 valence electrons. The number of ketones is 1. The second-order valence-electron chi connectivity index (χ2n) is 5.70. The predicted octanol–water partition coefficient (Wildman–Crippen LogP) is 4.13. The Hall–Kier alpha value is -0.590. The fourth-order valence-electron chi connectivity index (χ4n) is 3.36. The van der Waals surface area contributed by atoms with Crippen LogP contribution in [0.2, 0.25) is 0 Å². The molecule has 0 aliphatic heterocycles. The van der Waals surface area contributed by atoms with E-state index in [1.54, 1.807) is 6.92 Å². The van der Waals surface area contributed by atoms with E-state index in [-0.39, 0.29) is 0 Å². The number of unbranched alkanes of at least 4 members (excludes halogenated alkanes) is 3. The second kappa shape index (κ2) is 5.65. The molecule has 2 bridgehead atoms. The van der Waals surface area contributed by atoms with Crippen molar-refractivity contribution in [1.82, 2.24) is 0 Å². The van der Waals surface area contributed by atoms with Gasteiger partial charge in [0, 0.05) is 6.42 Å². The molecule has 3 unspecified atom stereocenters. The molecule has 16 heavy (non-hydrogen) atoms. The van der Waals surface area contributed by atoms with Gasteiger partial charge >= 0.3 is 0 Å². The van der Waals surface area contributed by atoms with Crippen LogP contribution in [0.4, 0.5) is 0 Å². The van der Waals surface area contributed by atoms with Crippen molar-refractivity contribution in [3.8, 4) is 0 Å². The monoisotopic (exact) mass is 220 g/mol. The molecule has 0 aromatic heterocycles. The molecule has 0 amide bonds. The van der Waals surface area contributed by atoms with E-state index < -0.39 is 0 Å². The van der Waals surface area contributed by atoms with E-state index >= 15 is 0 Å². The average Bonchev–Trinajstić information content (AvgIpc) is 2.84. The van der Waals surface area contributed by atoms with Crippen LogP contribution < -0.4 is 0 Å². The van der Waals surface area contributed by atoms with E-state index in [9.17, 15) is 4.79 Å². The van der Waals surface area contributed by atoms with E-state index in [2.05, 4.69) is 12.2 Å². The van der Waals surface area contributed by atoms with E-state index in [0.29, 0.717) is 5.78 Å². The van der Waals surface area contributed by atoms with Crippen LogP contribution in [0.25, 0.3) is 0 Å². The second-order valence-corrected chi connectivity index (χ2v) is 5.70. The lowest BCUT2D eigenvalue weighted by molar-refractivity contribution is -0.117. The van der Waals surface area contributed by atoms with Crippen LogP contribution in [0.1, 0.15) is 58.3 Å². The molecule has 2 rings (SSSR count).